The van der Waals surface area contributed by atoms with E-state index in [1.165, 1.54) is 73.9 Å². The lowest BCUT2D eigenvalue weighted by Gasteiger charge is -2.10. The van der Waals surface area contributed by atoms with Crippen LogP contribution in [0.25, 0.3) is 118 Å². The molecule has 0 aliphatic heterocycles. The number of rotatable bonds is 3. The molecular weight excluding hydrogens is 721 g/mol. The molecule has 0 saturated carbocycles. The molecule has 0 spiro atoms. The highest BCUT2D eigenvalue weighted by Gasteiger charge is 2.22. The molecule has 13 rings (SSSR count). The second-order valence-electron chi connectivity index (χ2n) is 14.6. The molecule has 4 nitrogen and oxygen atoms in total. The van der Waals surface area contributed by atoms with Gasteiger partial charge in [0, 0.05) is 63.1 Å². The lowest BCUT2D eigenvalue weighted by Crippen LogP contribution is -2.02. The number of benzene rings is 8. The summed E-state index contributed by atoms with van der Waals surface area (Å²) in [6, 6.07) is 61.6. The minimum absolute atomic E-state index is 0.688. The van der Waals surface area contributed by atoms with Crippen molar-refractivity contribution in [3.63, 3.8) is 0 Å². The van der Waals surface area contributed by atoms with E-state index in [0.29, 0.717) is 5.95 Å². The Hall–Kier alpha value is -6.86. The number of thiophene rings is 2. The van der Waals surface area contributed by atoms with Gasteiger partial charge in [-0.15, -0.1) is 22.7 Å². The van der Waals surface area contributed by atoms with Crippen LogP contribution in [-0.2, 0) is 0 Å². The molecule has 0 amide bonds. The first-order chi connectivity index (χ1) is 27.7. The van der Waals surface area contributed by atoms with Crippen molar-refractivity contribution in [3.05, 3.63) is 170 Å². The second-order valence-corrected chi connectivity index (χ2v) is 16.7. The molecule has 0 aliphatic rings. The number of para-hydroxylation sites is 2. The van der Waals surface area contributed by atoms with Gasteiger partial charge in [0.15, 0.2) is 0 Å². The Morgan fingerprint density at radius 1 is 0.375 bits per heavy atom. The van der Waals surface area contributed by atoms with Gasteiger partial charge in [0.1, 0.15) is 0 Å². The average molecular weight is 749 g/mol. The molecule has 0 N–H and O–H groups in total. The molecule has 8 aromatic carbocycles. The predicted molar refractivity (Wildman–Crippen MR) is 239 cm³/mol. The van der Waals surface area contributed by atoms with E-state index in [-0.39, 0.29) is 0 Å². The summed E-state index contributed by atoms with van der Waals surface area (Å²) in [5, 5.41) is 11.1. The highest BCUT2D eigenvalue weighted by molar-refractivity contribution is 7.26. The molecule has 0 atom stereocenters. The number of hydrogen-bond acceptors (Lipinski definition) is 4. The van der Waals surface area contributed by atoms with Gasteiger partial charge >= 0.3 is 0 Å². The van der Waals surface area contributed by atoms with Crippen LogP contribution in [0.2, 0.25) is 0 Å². The van der Waals surface area contributed by atoms with Crippen molar-refractivity contribution in [1.82, 2.24) is 19.1 Å². The van der Waals surface area contributed by atoms with Crippen LogP contribution in [0.4, 0.5) is 0 Å². The van der Waals surface area contributed by atoms with Crippen LogP contribution in [-0.4, -0.2) is 19.1 Å². The molecule has 0 saturated heterocycles. The van der Waals surface area contributed by atoms with Gasteiger partial charge in [0.25, 0.3) is 0 Å². The summed E-state index contributed by atoms with van der Waals surface area (Å²) in [5.74, 6) is 0.688. The number of nitrogens with zero attached hydrogens (tertiary/aromatic N) is 4. The van der Waals surface area contributed by atoms with Gasteiger partial charge < -0.3 is 4.57 Å². The van der Waals surface area contributed by atoms with Gasteiger partial charge in [-0.1, -0.05) is 115 Å². The smallest absolute Gasteiger partial charge is 0.235 e. The summed E-state index contributed by atoms with van der Waals surface area (Å²) in [6.07, 6.45) is 0. The van der Waals surface area contributed by atoms with Gasteiger partial charge in [-0.05, 0) is 65.4 Å². The lowest BCUT2D eigenvalue weighted by molar-refractivity contribution is 1.02. The third-order valence-electron chi connectivity index (χ3n) is 11.5. The largest absolute Gasteiger partial charge is 0.309 e. The zero-order valence-electron chi connectivity index (χ0n) is 29.8. The topological polar surface area (TPSA) is 35.6 Å². The summed E-state index contributed by atoms with van der Waals surface area (Å²) in [6.45, 7) is 0. The van der Waals surface area contributed by atoms with Crippen LogP contribution in [0.5, 0.6) is 0 Å². The SMILES string of the molecule is c1ccc(-c2nc(-n3c4ccccc4c4cc5c(cc43)sc3cc4c(cc35)c3ccccc3n4-c3ccc4ccccc4c3)nc3c2sc2ccccc23)cc1. The summed E-state index contributed by atoms with van der Waals surface area (Å²) in [7, 11) is 0. The molecule has 0 unspecified atom stereocenters. The quantitative estimate of drug-likeness (QED) is 0.180. The summed E-state index contributed by atoms with van der Waals surface area (Å²) in [4.78, 5) is 10.8. The van der Waals surface area contributed by atoms with Gasteiger partial charge in [-0.25, -0.2) is 9.97 Å². The van der Waals surface area contributed by atoms with E-state index in [1.54, 1.807) is 11.3 Å². The van der Waals surface area contributed by atoms with Crippen LogP contribution in [0, 0.1) is 0 Å². The maximum Gasteiger partial charge on any atom is 0.235 e. The minimum atomic E-state index is 0.688. The third kappa shape index (κ3) is 4.22. The molecule has 0 bridgehead atoms. The molecule has 56 heavy (non-hydrogen) atoms. The van der Waals surface area contributed by atoms with E-state index in [4.69, 9.17) is 9.97 Å². The molecule has 0 aliphatic carbocycles. The normalized spacial score (nSPS) is 12.3. The number of aromatic nitrogens is 4. The zero-order valence-corrected chi connectivity index (χ0v) is 31.4. The summed E-state index contributed by atoms with van der Waals surface area (Å²) >= 11 is 3.63. The standard InChI is InChI=1S/C50H28N4S2/c1-2-13-30(14-3-1)47-49-48(35-18-8-11-21-44(35)56-49)52-50(51-47)54-41-20-10-7-17-34(41)37-26-39-38-25-36-33-16-6-9-19-40(33)53(32-23-22-29-12-4-5-15-31(29)24-32)42(36)27-45(38)55-46(39)28-43(37)54/h1-28H. The van der Waals surface area contributed by atoms with Crippen LogP contribution in [0.1, 0.15) is 0 Å². The van der Waals surface area contributed by atoms with Crippen LogP contribution in [0.3, 0.4) is 0 Å². The Morgan fingerprint density at radius 3 is 1.73 bits per heavy atom. The molecule has 260 valence electrons. The maximum atomic E-state index is 5.41. The molecule has 13 aromatic rings. The lowest BCUT2D eigenvalue weighted by atomic mass is 10.1. The fourth-order valence-electron chi connectivity index (χ4n) is 8.98. The van der Waals surface area contributed by atoms with Gasteiger partial charge in [0.05, 0.1) is 38.0 Å². The fourth-order valence-corrected chi connectivity index (χ4v) is 11.3. The Morgan fingerprint density at radius 2 is 0.982 bits per heavy atom. The Labute approximate surface area is 327 Å². The van der Waals surface area contributed by atoms with E-state index >= 15 is 0 Å². The molecule has 5 aromatic heterocycles. The molecule has 6 heteroatoms. The first kappa shape index (κ1) is 30.5. The van der Waals surface area contributed by atoms with Gasteiger partial charge in [0.2, 0.25) is 5.95 Å². The highest BCUT2D eigenvalue weighted by atomic mass is 32.1. The summed E-state index contributed by atoms with van der Waals surface area (Å²) < 4.78 is 9.57. The maximum absolute atomic E-state index is 5.41. The van der Waals surface area contributed by atoms with E-state index in [2.05, 4.69) is 179 Å². The number of fused-ring (bicyclic) bond motifs is 13. The molecule has 5 heterocycles. The fraction of sp³-hybridized carbons (Fsp3) is 0. The average Bonchev–Trinajstić information content (AvgIpc) is 3.99. The highest BCUT2D eigenvalue weighted by Crippen LogP contribution is 2.45. The van der Waals surface area contributed by atoms with Crippen molar-refractivity contribution in [2.24, 2.45) is 0 Å². The number of hydrogen-bond donors (Lipinski definition) is 0. The van der Waals surface area contributed by atoms with Crippen molar-refractivity contribution < 1.29 is 0 Å². The first-order valence-electron chi connectivity index (χ1n) is 18.8. The Kier molecular flexibility index (Phi) is 6.17. The van der Waals surface area contributed by atoms with Crippen LogP contribution in [0.15, 0.2) is 170 Å². The molecule has 0 radical (unpaired) electrons. The van der Waals surface area contributed by atoms with Crippen molar-refractivity contribution in [3.8, 4) is 22.9 Å². The van der Waals surface area contributed by atoms with E-state index in [1.807, 2.05) is 11.3 Å². The van der Waals surface area contributed by atoms with E-state index < -0.39 is 0 Å². The molecule has 0 fully saturated rings. The van der Waals surface area contributed by atoms with E-state index in [0.717, 1.165) is 37.9 Å². The van der Waals surface area contributed by atoms with Crippen molar-refractivity contribution in [2.75, 3.05) is 0 Å². The van der Waals surface area contributed by atoms with Crippen molar-refractivity contribution in [2.45, 2.75) is 0 Å². The molecular formula is C50H28N4S2. The van der Waals surface area contributed by atoms with Gasteiger partial charge in [-0.3, -0.25) is 4.57 Å². The van der Waals surface area contributed by atoms with Crippen LogP contribution >= 0.6 is 22.7 Å². The predicted octanol–water partition coefficient (Wildman–Crippen LogP) is 14.2. The van der Waals surface area contributed by atoms with Crippen molar-refractivity contribution in [1.29, 1.82) is 0 Å². The Balaban J connectivity index is 1.09. The summed E-state index contributed by atoms with van der Waals surface area (Å²) in [5.41, 5.74) is 8.87. The third-order valence-corrected chi connectivity index (χ3v) is 13.8. The minimum Gasteiger partial charge on any atom is -0.309 e. The van der Waals surface area contributed by atoms with Crippen LogP contribution < -0.4 is 0 Å². The first-order valence-corrected chi connectivity index (χ1v) is 20.5. The second kappa shape index (κ2) is 11.3. The van der Waals surface area contributed by atoms with E-state index in [9.17, 15) is 0 Å². The monoisotopic (exact) mass is 748 g/mol. The van der Waals surface area contributed by atoms with Crippen molar-refractivity contribution >= 4 is 118 Å². The zero-order chi connectivity index (χ0) is 36.5. The van der Waals surface area contributed by atoms with Gasteiger partial charge in [-0.2, -0.15) is 0 Å². The Bertz CT molecular complexity index is 3770.